The summed E-state index contributed by atoms with van der Waals surface area (Å²) in [7, 11) is 0. The van der Waals surface area contributed by atoms with Crippen molar-refractivity contribution in [2.45, 2.75) is 18.4 Å². The number of alkyl halides is 2. The maximum atomic E-state index is 14.0. The summed E-state index contributed by atoms with van der Waals surface area (Å²) < 4.78 is 35.4. The van der Waals surface area contributed by atoms with E-state index in [1.807, 2.05) is 54.6 Å². The third-order valence-corrected chi connectivity index (χ3v) is 5.27. The molecule has 0 radical (unpaired) electrons. The Labute approximate surface area is 176 Å². The smallest absolute Gasteiger partial charge is 0.262 e. The number of nitrogens with one attached hydrogen (secondary N) is 1. The van der Waals surface area contributed by atoms with Gasteiger partial charge in [0.1, 0.15) is 29.3 Å². The predicted octanol–water partition coefficient (Wildman–Crippen LogP) is 4.04. The number of nitrogens with zero attached hydrogens (tertiary/aromatic N) is 4. The zero-order valence-corrected chi connectivity index (χ0v) is 16.5. The van der Waals surface area contributed by atoms with E-state index in [-0.39, 0.29) is 18.8 Å². The maximum absolute atomic E-state index is 14.0. The fourth-order valence-corrected chi connectivity index (χ4v) is 3.84. The summed E-state index contributed by atoms with van der Waals surface area (Å²) in [6.07, 6.45) is 1.01. The molecule has 1 atom stereocenters. The van der Waals surface area contributed by atoms with Crippen molar-refractivity contribution < 1.29 is 13.5 Å². The van der Waals surface area contributed by atoms with Gasteiger partial charge in [0.05, 0.1) is 18.0 Å². The number of rotatable bonds is 4. The third-order valence-electron chi connectivity index (χ3n) is 5.27. The molecule has 1 fully saturated rings. The predicted molar refractivity (Wildman–Crippen MR) is 113 cm³/mol. The van der Waals surface area contributed by atoms with Crippen LogP contribution in [0.1, 0.15) is 12.5 Å². The van der Waals surface area contributed by atoms with Gasteiger partial charge in [-0.2, -0.15) is 5.10 Å². The van der Waals surface area contributed by atoms with Gasteiger partial charge in [0.2, 0.25) is 0 Å². The van der Waals surface area contributed by atoms with Crippen LogP contribution in [0.4, 0.5) is 14.6 Å². The Morgan fingerprint density at radius 2 is 1.77 bits per heavy atom. The molecule has 31 heavy (non-hydrogen) atoms. The first-order valence-corrected chi connectivity index (χ1v) is 9.91. The molecule has 5 rings (SSSR count). The highest BCUT2D eigenvalue weighted by Crippen LogP contribution is 2.36. The molecule has 0 unspecified atom stereocenters. The largest absolute Gasteiger partial charge is 0.457 e. The van der Waals surface area contributed by atoms with Crippen molar-refractivity contribution in [3.63, 3.8) is 0 Å². The van der Waals surface area contributed by atoms with Gasteiger partial charge in [0.25, 0.3) is 5.92 Å². The second kappa shape index (κ2) is 7.59. The summed E-state index contributed by atoms with van der Waals surface area (Å²) in [5.74, 6) is -1.16. The van der Waals surface area contributed by atoms with Crippen molar-refractivity contribution in [3.05, 3.63) is 60.9 Å². The lowest BCUT2D eigenvalue weighted by atomic mass is 10.0. The minimum atomic E-state index is -2.81. The standard InChI is InChI=1S/C22H20F2N6O/c23-22(24)10-15(11-26-12-22)30-21-18(20(25)27-13-28-21)19(29-30)14-6-8-17(9-7-14)31-16-4-2-1-3-5-16/h1-9,13,15,26H,10-12H2,(H2,25,27,28)/t15-/m1/s1. The Kier molecular flexibility index (Phi) is 4.74. The Morgan fingerprint density at radius 3 is 2.52 bits per heavy atom. The molecule has 9 heteroatoms. The Hall–Kier alpha value is -3.59. The molecule has 0 amide bonds. The number of hydrogen-bond donors (Lipinski definition) is 2. The monoisotopic (exact) mass is 422 g/mol. The van der Waals surface area contributed by atoms with E-state index in [4.69, 9.17) is 10.5 Å². The van der Waals surface area contributed by atoms with Crippen LogP contribution >= 0.6 is 0 Å². The van der Waals surface area contributed by atoms with Gasteiger partial charge in [-0.05, 0) is 36.4 Å². The van der Waals surface area contributed by atoms with Gasteiger partial charge in [-0.15, -0.1) is 0 Å². The van der Waals surface area contributed by atoms with Crippen LogP contribution in [0.15, 0.2) is 60.9 Å². The molecule has 2 aromatic heterocycles. The zero-order chi connectivity index (χ0) is 21.4. The molecule has 0 saturated carbocycles. The van der Waals surface area contributed by atoms with E-state index in [2.05, 4.69) is 20.4 Å². The van der Waals surface area contributed by atoms with E-state index < -0.39 is 12.0 Å². The molecular weight excluding hydrogens is 402 g/mol. The van der Waals surface area contributed by atoms with Gasteiger partial charge in [-0.25, -0.2) is 23.4 Å². The number of anilines is 1. The first-order valence-electron chi connectivity index (χ1n) is 9.91. The zero-order valence-electron chi connectivity index (χ0n) is 16.5. The van der Waals surface area contributed by atoms with E-state index >= 15 is 0 Å². The minimum absolute atomic E-state index is 0.256. The number of nitrogens with two attached hydrogens (primary N) is 1. The van der Waals surface area contributed by atoms with Crippen molar-refractivity contribution >= 4 is 16.9 Å². The van der Waals surface area contributed by atoms with Crippen molar-refractivity contribution in [3.8, 4) is 22.8 Å². The number of aromatic nitrogens is 4. The summed E-state index contributed by atoms with van der Waals surface area (Å²) in [6.45, 7) is 0.0368. The average Bonchev–Trinajstić information content (AvgIpc) is 3.15. The molecule has 2 aromatic carbocycles. The van der Waals surface area contributed by atoms with Gasteiger partial charge >= 0.3 is 0 Å². The van der Waals surface area contributed by atoms with E-state index in [1.165, 1.54) is 11.0 Å². The van der Waals surface area contributed by atoms with Crippen LogP contribution in [0.3, 0.4) is 0 Å². The molecule has 0 bridgehead atoms. The van der Waals surface area contributed by atoms with Gasteiger partial charge in [0, 0.05) is 18.5 Å². The number of nitrogen functional groups attached to an aromatic ring is 1. The molecule has 3 N–H and O–H groups in total. The van der Waals surface area contributed by atoms with Gasteiger partial charge in [0.15, 0.2) is 5.65 Å². The average molecular weight is 422 g/mol. The highest BCUT2D eigenvalue weighted by molar-refractivity contribution is 5.98. The number of ether oxygens (including phenoxy) is 1. The summed E-state index contributed by atoms with van der Waals surface area (Å²) >= 11 is 0. The number of benzene rings is 2. The first kappa shape index (κ1) is 19.4. The highest BCUT2D eigenvalue weighted by Gasteiger charge is 2.38. The van der Waals surface area contributed by atoms with Crippen molar-refractivity contribution in [2.24, 2.45) is 0 Å². The second-order valence-corrected chi connectivity index (χ2v) is 7.53. The third kappa shape index (κ3) is 3.79. The molecule has 1 aliphatic rings. The normalized spacial score (nSPS) is 18.2. The summed E-state index contributed by atoms with van der Waals surface area (Å²) in [4.78, 5) is 8.38. The molecular formula is C22H20F2N6O. The van der Waals surface area contributed by atoms with Crippen molar-refractivity contribution in [1.29, 1.82) is 0 Å². The van der Waals surface area contributed by atoms with E-state index in [9.17, 15) is 8.78 Å². The number of para-hydroxylation sites is 1. The molecule has 1 aliphatic heterocycles. The van der Waals surface area contributed by atoms with Crippen LogP contribution in [0.2, 0.25) is 0 Å². The second-order valence-electron chi connectivity index (χ2n) is 7.53. The van der Waals surface area contributed by atoms with Crippen molar-refractivity contribution in [2.75, 3.05) is 18.8 Å². The Morgan fingerprint density at radius 1 is 1.03 bits per heavy atom. The summed E-state index contributed by atoms with van der Waals surface area (Å²) in [5.41, 5.74) is 7.89. The molecule has 0 aliphatic carbocycles. The lowest BCUT2D eigenvalue weighted by Crippen LogP contribution is -2.44. The van der Waals surface area contributed by atoms with E-state index in [0.29, 0.717) is 29.0 Å². The fourth-order valence-electron chi connectivity index (χ4n) is 3.84. The van der Waals surface area contributed by atoms with Crippen LogP contribution < -0.4 is 15.8 Å². The summed E-state index contributed by atoms with van der Waals surface area (Å²) in [6, 6.07) is 16.3. The number of fused-ring (bicyclic) bond motifs is 1. The SMILES string of the molecule is Nc1ncnc2c1c(-c1ccc(Oc3ccccc3)cc1)nn2[C@H]1CNCC(F)(F)C1. The number of halogens is 2. The number of hydrogen-bond acceptors (Lipinski definition) is 6. The first-order chi connectivity index (χ1) is 15.0. The molecule has 0 spiro atoms. The maximum Gasteiger partial charge on any atom is 0.262 e. The van der Waals surface area contributed by atoms with Crippen molar-refractivity contribution in [1.82, 2.24) is 25.1 Å². The van der Waals surface area contributed by atoms with Crippen LogP contribution in [-0.4, -0.2) is 38.8 Å². The van der Waals surface area contributed by atoms with E-state index in [0.717, 1.165) is 11.3 Å². The molecule has 3 heterocycles. The van der Waals surface area contributed by atoms with Crippen LogP contribution in [0, 0.1) is 0 Å². The van der Waals surface area contributed by atoms with Gasteiger partial charge in [-0.3, -0.25) is 0 Å². The van der Waals surface area contributed by atoms with Crippen LogP contribution in [0.25, 0.3) is 22.3 Å². The topological polar surface area (TPSA) is 90.9 Å². The lowest BCUT2D eigenvalue weighted by Gasteiger charge is -2.29. The van der Waals surface area contributed by atoms with Crippen LogP contribution in [0.5, 0.6) is 11.5 Å². The molecule has 4 aromatic rings. The summed E-state index contributed by atoms with van der Waals surface area (Å²) in [5, 5.41) is 7.97. The fraction of sp³-hybridized carbons (Fsp3) is 0.227. The molecule has 1 saturated heterocycles. The van der Waals surface area contributed by atoms with Gasteiger partial charge < -0.3 is 15.8 Å². The number of piperidine rings is 1. The Balaban J connectivity index is 1.53. The Bertz CT molecular complexity index is 1210. The van der Waals surface area contributed by atoms with Gasteiger partial charge in [-0.1, -0.05) is 18.2 Å². The quantitative estimate of drug-likeness (QED) is 0.516. The molecule has 7 nitrogen and oxygen atoms in total. The highest BCUT2D eigenvalue weighted by atomic mass is 19.3. The molecule has 158 valence electrons. The minimum Gasteiger partial charge on any atom is -0.457 e. The van der Waals surface area contributed by atoms with E-state index in [1.54, 1.807) is 0 Å². The van der Waals surface area contributed by atoms with Crippen LogP contribution in [-0.2, 0) is 0 Å². The lowest BCUT2D eigenvalue weighted by molar-refractivity contribution is -0.0375.